The number of hydrogen-bond donors (Lipinski definition) is 0. The van der Waals surface area contributed by atoms with E-state index in [0.29, 0.717) is 5.04 Å². The Kier molecular flexibility index (Phi) is 3.27. The van der Waals surface area contributed by atoms with E-state index in [1.165, 1.54) is 9.66 Å². The fraction of sp³-hybridized carbons (Fsp3) is 0.500. The van der Waals surface area contributed by atoms with Crippen molar-refractivity contribution in [2.45, 2.75) is 38.9 Å². The van der Waals surface area contributed by atoms with Crippen molar-refractivity contribution in [3.63, 3.8) is 0 Å². The van der Waals surface area contributed by atoms with Crippen LogP contribution < -0.4 is 5.19 Å². The Labute approximate surface area is 96.9 Å². The molecule has 2 heteroatoms. The first-order valence-electron chi connectivity index (χ1n) is 5.01. The molecular weight excluding hydrogens is 252 g/mol. The van der Waals surface area contributed by atoms with Crippen LogP contribution in [0.25, 0.3) is 0 Å². The third kappa shape index (κ3) is 2.29. The molecule has 78 valence electrons. The monoisotopic (exact) mass is 270 g/mol. The quantitative estimate of drug-likeness (QED) is 0.673. The van der Waals surface area contributed by atoms with Crippen molar-refractivity contribution < 1.29 is 0 Å². The molecule has 0 saturated heterocycles. The second-order valence-electron chi connectivity index (χ2n) is 5.38. The van der Waals surface area contributed by atoms with Crippen molar-refractivity contribution in [3.05, 3.63) is 28.7 Å². The molecule has 0 radical (unpaired) electrons. The van der Waals surface area contributed by atoms with E-state index < -0.39 is 8.07 Å². The average Bonchev–Trinajstić information content (AvgIpc) is 2.03. The van der Waals surface area contributed by atoms with Gasteiger partial charge in [0.15, 0.2) is 0 Å². The first-order valence-corrected chi connectivity index (χ1v) is 8.80. The Morgan fingerprint density at radius 3 is 1.79 bits per heavy atom. The lowest BCUT2D eigenvalue weighted by atomic mass is 10.2. The van der Waals surface area contributed by atoms with Crippen molar-refractivity contribution in [2.24, 2.45) is 0 Å². The van der Waals surface area contributed by atoms with Gasteiger partial charge in [-0.3, -0.25) is 0 Å². The molecule has 0 atom stereocenters. The summed E-state index contributed by atoms with van der Waals surface area (Å²) < 4.78 is 1.17. The molecule has 0 bridgehead atoms. The van der Waals surface area contributed by atoms with Crippen LogP contribution in [-0.4, -0.2) is 8.07 Å². The Hall–Kier alpha value is -0.0831. The predicted molar refractivity (Wildman–Crippen MR) is 71.0 cm³/mol. The summed E-state index contributed by atoms with van der Waals surface area (Å²) in [5.74, 6) is 0. The molecule has 0 N–H and O–H groups in total. The Morgan fingerprint density at radius 1 is 1.00 bits per heavy atom. The molecule has 0 aliphatic heterocycles. The SMILES string of the molecule is CC(C)(C)[Si](C)(C)c1ccc(Br)cc1. The lowest BCUT2D eigenvalue weighted by Crippen LogP contribution is -2.49. The Morgan fingerprint density at radius 2 is 1.43 bits per heavy atom. The van der Waals surface area contributed by atoms with E-state index in [9.17, 15) is 0 Å². The molecule has 0 spiro atoms. The maximum atomic E-state index is 3.48. The van der Waals surface area contributed by atoms with Gasteiger partial charge in [-0.25, -0.2) is 0 Å². The number of hydrogen-bond acceptors (Lipinski definition) is 0. The molecule has 0 fully saturated rings. The minimum Gasteiger partial charge on any atom is -0.0651 e. The van der Waals surface area contributed by atoms with Crippen molar-refractivity contribution in [1.29, 1.82) is 0 Å². The summed E-state index contributed by atoms with van der Waals surface area (Å²) in [6, 6.07) is 8.83. The summed E-state index contributed by atoms with van der Waals surface area (Å²) in [7, 11) is -1.32. The maximum Gasteiger partial charge on any atom is 0.0859 e. The second kappa shape index (κ2) is 3.82. The topological polar surface area (TPSA) is 0 Å². The van der Waals surface area contributed by atoms with E-state index in [1.54, 1.807) is 0 Å². The number of benzene rings is 1. The van der Waals surface area contributed by atoms with Crippen LogP contribution >= 0.6 is 15.9 Å². The zero-order valence-corrected chi connectivity index (χ0v) is 12.3. The average molecular weight is 271 g/mol. The van der Waals surface area contributed by atoms with E-state index in [-0.39, 0.29) is 0 Å². The van der Waals surface area contributed by atoms with Crippen molar-refractivity contribution in [1.82, 2.24) is 0 Å². The van der Waals surface area contributed by atoms with E-state index in [2.05, 4.69) is 74.1 Å². The highest BCUT2D eigenvalue weighted by molar-refractivity contribution is 9.10. The molecule has 0 saturated carbocycles. The second-order valence-corrected chi connectivity index (χ2v) is 11.6. The van der Waals surface area contributed by atoms with Crippen LogP contribution in [0.4, 0.5) is 0 Å². The smallest absolute Gasteiger partial charge is 0.0651 e. The van der Waals surface area contributed by atoms with Gasteiger partial charge in [0.05, 0.1) is 8.07 Å². The van der Waals surface area contributed by atoms with Gasteiger partial charge in [-0.15, -0.1) is 0 Å². The fourth-order valence-electron chi connectivity index (χ4n) is 1.30. The van der Waals surface area contributed by atoms with E-state index in [4.69, 9.17) is 0 Å². The van der Waals surface area contributed by atoms with Crippen molar-refractivity contribution in [2.75, 3.05) is 0 Å². The molecule has 14 heavy (non-hydrogen) atoms. The molecule has 0 heterocycles. The maximum absolute atomic E-state index is 3.48. The standard InChI is InChI=1S/C12H19BrSi/c1-12(2,3)14(4,5)11-8-6-10(13)7-9-11/h6-9H,1-5H3. The summed E-state index contributed by atoms with van der Waals surface area (Å²) >= 11 is 3.48. The first kappa shape index (κ1) is 12.0. The lowest BCUT2D eigenvalue weighted by Gasteiger charge is -2.37. The molecule has 0 aliphatic rings. The molecule has 0 aromatic heterocycles. The molecule has 1 rings (SSSR count). The van der Waals surface area contributed by atoms with Gasteiger partial charge in [0.1, 0.15) is 0 Å². The summed E-state index contributed by atoms with van der Waals surface area (Å²) in [5.41, 5.74) is 0. The normalized spacial score (nSPS) is 13.0. The molecule has 1 aromatic rings. The third-order valence-corrected chi connectivity index (χ3v) is 9.50. The highest BCUT2D eigenvalue weighted by atomic mass is 79.9. The van der Waals surface area contributed by atoms with E-state index in [1.807, 2.05) is 0 Å². The molecule has 0 aliphatic carbocycles. The van der Waals surface area contributed by atoms with Gasteiger partial charge in [0, 0.05) is 4.47 Å². The summed E-state index contributed by atoms with van der Waals surface area (Å²) in [6.45, 7) is 11.9. The van der Waals surface area contributed by atoms with Crippen molar-refractivity contribution >= 4 is 29.2 Å². The summed E-state index contributed by atoms with van der Waals surface area (Å²) in [5, 5.41) is 1.95. The van der Waals surface area contributed by atoms with Crippen LogP contribution in [0, 0.1) is 0 Å². The van der Waals surface area contributed by atoms with E-state index >= 15 is 0 Å². The van der Waals surface area contributed by atoms with Crippen LogP contribution in [0.2, 0.25) is 18.1 Å². The van der Waals surface area contributed by atoms with Gasteiger partial charge >= 0.3 is 0 Å². The van der Waals surface area contributed by atoms with Gasteiger partial charge in [-0.05, 0) is 17.2 Å². The largest absolute Gasteiger partial charge is 0.0859 e. The number of halogens is 1. The van der Waals surface area contributed by atoms with Crippen LogP contribution in [0.15, 0.2) is 28.7 Å². The Balaban J connectivity index is 3.10. The van der Waals surface area contributed by atoms with Crippen LogP contribution in [-0.2, 0) is 0 Å². The van der Waals surface area contributed by atoms with Crippen LogP contribution in [0.1, 0.15) is 20.8 Å². The molecule has 0 unspecified atom stereocenters. The summed E-state index contributed by atoms with van der Waals surface area (Å²) in [6.07, 6.45) is 0. The van der Waals surface area contributed by atoms with Gasteiger partial charge in [0.2, 0.25) is 0 Å². The zero-order valence-electron chi connectivity index (χ0n) is 9.69. The highest BCUT2D eigenvalue weighted by Gasteiger charge is 2.36. The molecular formula is C12H19BrSi. The number of rotatable bonds is 1. The summed E-state index contributed by atoms with van der Waals surface area (Å²) in [4.78, 5) is 0. The van der Waals surface area contributed by atoms with Gasteiger partial charge in [-0.2, -0.15) is 0 Å². The minimum absolute atomic E-state index is 0.417. The fourth-order valence-corrected chi connectivity index (χ4v) is 3.43. The van der Waals surface area contributed by atoms with Gasteiger partial charge in [0.25, 0.3) is 0 Å². The predicted octanol–water partition coefficient (Wildman–Crippen LogP) is 4.16. The third-order valence-electron chi connectivity index (χ3n) is 3.44. The van der Waals surface area contributed by atoms with Crippen LogP contribution in [0.3, 0.4) is 0 Å². The first-order chi connectivity index (χ1) is 6.25. The van der Waals surface area contributed by atoms with Gasteiger partial charge < -0.3 is 0 Å². The highest BCUT2D eigenvalue weighted by Crippen LogP contribution is 2.35. The zero-order chi connectivity index (χ0) is 11.0. The molecule has 0 nitrogen and oxygen atoms in total. The molecule has 0 amide bonds. The molecule has 1 aromatic carbocycles. The van der Waals surface area contributed by atoms with Crippen molar-refractivity contribution in [3.8, 4) is 0 Å². The van der Waals surface area contributed by atoms with Crippen LogP contribution in [0.5, 0.6) is 0 Å². The Bertz CT molecular complexity index is 306. The van der Waals surface area contributed by atoms with Gasteiger partial charge in [-0.1, -0.05) is 67.1 Å². The van der Waals surface area contributed by atoms with E-state index in [0.717, 1.165) is 0 Å². The minimum atomic E-state index is -1.32. The lowest BCUT2D eigenvalue weighted by molar-refractivity contribution is 0.729.